The Kier molecular flexibility index (Phi) is 4.47. The van der Waals surface area contributed by atoms with E-state index in [2.05, 4.69) is 9.62 Å². The number of sulfonamides is 1. The number of nitrogens with one attached hydrogen (secondary N) is 1. The molecule has 19 heavy (non-hydrogen) atoms. The predicted molar refractivity (Wildman–Crippen MR) is 75.6 cm³/mol. The van der Waals surface area contributed by atoms with E-state index in [1.54, 1.807) is 12.1 Å². The molecule has 5 nitrogen and oxygen atoms in total. The van der Waals surface area contributed by atoms with Gasteiger partial charge in [0, 0.05) is 19.1 Å². The van der Waals surface area contributed by atoms with E-state index in [1.807, 2.05) is 7.05 Å². The van der Waals surface area contributed by atoms with Gasteiger partial charge in [0.15, 0.2) is 0 Å². The van der Waals surface area contributed by atoms with Gasteiger partial charge < -0.3 is 10.6 Å². The average molecular weight is 304 g/mol. The maximum absolute atomic E-state index is 12.3. The van der Waals surface area contributed by atoms with Crippen LogP contribution in [0.25, 0.3) is 0 Å². The number of nitrogens with two attached hydrogens (primary N) is 1. The second-order valence-corrected chi connectivity index (χ2v) is 6.93. The van der Waals surface area contributed by atoms with Crippen LogP contribution < -0.4 is 10.5 Å². The lowest BCUT2D eigenvalue weighted by Crippen LogP contribution is -2.36. The van der Waals surface area contributed by atoms with Gasteiger partial charge in [0.2, 0.25) is 10.0 Å². The van der Waals surface area contributed by atoms with Gasteiger partial charge in [0.1, 0.15) is 4.90 Å². The fraction of sp³-hybridized carbons (Fsp3) is 0.500. The predicted octanol–water partition coefficient (Wildman–Crippen LogP) is 0.781. The topological polar surface area (TPSA) is 75.4 Å². The fourth-order valence-corrected chi connectivity index (χ4v) is 4.03. The molecule has 106 valence electrons. The zero-order valence-electron chi connectivity index (χ0n) is 10.8. The monoisotopic (exact) mass is 303 g/mol. The Labute approximate surface area is 118 Å². The molecule has 3 N–H and O–H groups in total. The van der Waals surface area contributed by atoms with Crippen LogP contribution in [0.15, 0.2) is 23.1 Å². The van der Waals surface area contributed by atoms with Crippen molar-refractivity contribution in [3.05, 3.63) is 28.8 Å². The Balaban J connectivity index is 2.19. The molecule has 0 amide bonds. The Morgan fingerprint density at radius 1 is 1.53 bits per heavy atom. The number of rotatable bonds is 4. The molecular weight excluding hydrogens is 286 g/mol. The van der Waals surface area contributed by atoms with Gasteiger partial charge in [-0.15, -0.1) is 0 Å². The maximum atomic E-state index is 12.3. The molecule has 0 saturated carbocycles. The average Bonchev–Trinajstić information content (AvgIpc) is 2.73. The zero-order chi connectivity index (χ0) is 14.0. The zero-order valence-corrected chi connectivity index (χ0v) is 12.3. The molecule has 1 heterocycles. The molecule has 1 aliphatic heterocycles. The van der Waals surface area contributed by atoms with Gasteiger partial charge in [-0.1, -0.05) is 17.7 Å². The van der Waals surface area contributed by atoms with Gasteiger partial charge in [-0.25, -0.2) is 13.1 Å². The molecule has 1 aliphatic rings. The van der Waals surface area contributed by atoms with Gasteiger partial charge in [0.05, 0.1) is 5.02 Å². The van der Waals surface area contributed by atoms with Crippen molar-refractivity contribution in [2.75, 3.05) is 20.1 Å². The van der Waals surface area contributed by atoms with Crippen LogP contribution in [-0.2, 0) is 16.6 Å². The van der Waals surface area contributed by atoms with E-state index >= 15 is 0 Å². The van der Waals surface area contributed by atoms with E-state index in [0.29, 0.717) is 6.54 Å². The fourth-order valence-electron chi connectivity index (χ4n) is 2.20. The van der Waals surface area contributed by atoms with Crippen molar-refractivity contribution in [3.63, 3.8) is 0 Å². The standard InChI is InChI=1S/C12H18ClN3O2S/c1-16-5-4-10(8-16)15-19(17,18)12-3-2-9(7-14)6-11(12)13/h2-3,6,10,15H,4-5,7-8,14H2,1H3. The summed E-state index contributed by atoms with van der Waals surface area (Å²) in [7, 11) is -1.60. The molecule has 1 aromatic carbocycles. The highest BCUT2D eigenvalue weighted by Gasteiger charge is 2.26. The SMILES string of the molecule is CN1CCC(NS(=O)(=O)c2ccc(CN)cc2Cl)C1. The first kappa shape index (κ1) is 14.7. The summed E-state index contributed by atoms with van der Waals surface area (Å²) in [6.07, 6.45) is 0.814. The molecule has 0 spiro atoms. The van der Waals surface area contributed by atoms with Crippen molar-refractivity contribution in [1.82, 2.24) is 9.62 Å². The first-order chi connectivity index (χ1) is 8.92. The number of hydrogen-bond acceptors (Lipinski definition) is 4. The molecule has 7 heteroatoms. The van der Waals surface area contributed by atoms with Crippen LogP contribution >= 0.6 is 11.6 Å². The summed E-state index contributed by atoms with van der Waals surface area (Å²) in [6, 6.07) is 4.73. The minimum absolute atomic E-state index is 0.0553. The van der Waals surface area contributed by atoms with Gasteiger partial charge >= 0.3 is 0 Å². The smallest absolute Gasteiger partial charge is 0.242 e. The van der Waals surface area contributed by atoms with E-state index in [-0.39, 0.29) is 16.0 Å². The molecule has 0 bridgehead atoms. The summed E-state index contributed by atoms with van der Waals surface area (Å²) < 4.78 is 27.2. The van der Waals surface area contributed by atoms with Gasteiger partial charge in [-0.05, 0) is 37.7 Å². The molecule has 0 radical (unpaired) electrons. The number of nitrogens with zero attached hydrogens (tertiary/aromatic N) is 1. The van der Waals surface area contributed by atoms with Crippen LogP contribution in [-0.4, -0.2) is 39.5 Å². The summed E-state index contributed by atoms with van der Waals surface area (Å²) in [4.78, 5) is 2.20. The molecule has 1 aromatic rings. The third-order valence-corrected chi connectivity index (χ3v) is 5.24. The molecule has 0 aromatic heterocycles. The number of benzene rings is 1. The van der Waals surface area contributed by atoms with Crippen LogP contribution in [0.1, 0.15) is 12.0 Å². The molecule has 2 rings (SSSR count). The first-order valence-corrected chi connectivity index (χ1v) is 7.98. The third-order valence-electron chi connectivity index (χ3n) is 3.23. The molecule has 1 unspecified atom stereocenters. The summed E-state index contributed by atoms with van der Waals surface area (Å²) in [5.74, 6) is 0. The lowest BCUT2D eigenvalue weighted by Gasteiger charge is -2.14. The Morgan fingerprint density at radius 3 is 2.79 bits per heavy atom. The minimum Gasteiger partial charge on any atom is -0.326 e. The number of likely N-dealkylation sites (tertiary alicyclic amines) is 1. The summed E-state index contributed by atoms with van der Waals surface area (Å²) >= 11 is 6.02. The Hall–Kier alpha value is -0.660. The van der Waals surface area contributed by atoms with Crippen LogP contribution in [0.5, 0.6) is 0 Å². The van der Waals surface area contributed by atoms with E-state index in [0.717, 1.165) is 25.1 Å². The summed E-state index contributed by atoms with van der Waals surface area (Å²) in [5, 5.41) is 0.210. The molecule has 1 saturated heterocycles. The van der Waals surface area contributed by atoms with Crippen LogP contribution in [0.4, 0.5) is 0 Å². The van der Waals surface area contributed by atoms with Crippen molar-refractivity contribution in [3.8, 4) is 0 Å². The minimum atomic E-state index is -3.57. The number of hydrogen-bond donors (Lipinski definition) is 2. The van der Waals surface area contributed by atoms with Crippen molar-refractivity contribution < 1.29 is 8.42 Å². The van der Waals surface area contributed by atoms with E-state index in [4.69, 9.17) is 17.3 Å². The quantitative estimate of drug-likeness (QED) is 0.862. The lowest BCUT2D eigenvalue weighted by molar-refractivity contribution is 0.407. The van der Waals surface area contributed by atoms with Crippen molar-refractivity contribution in [2.24, 2.45) is 5.73 Å². The molecule has 1 fully saturated rings. The van der Waals surface area contributed by atoms with Crippen molar-refractivity contribution in [2.45, 2.75) is 23.9 Å². The van der Waals surface area contributed by atoms with Gasteiger partial charge in [-0.3, -0.25) is 0 Å². The van der Waals surface area contributed by atoms with E-state index < -0.39 is 10.0 Å². The largest absolute Gasteiger partial charge is 0.326 e. The maximum Gasteiger partial charge on any atom is 0.242 e. The first-order valence-electron chi connectivity index (χ1n) is 6.12. The van der Waals surface area contributed by atoms with Crippen LogP contribution in [0.2, 0.25) is 5.02 Å². The number of likely N-dealkylation sites (N-methyl/N-ethyl adjacent to an activating group) is 1. The number of halogens is 1. The van der Waals surface area contributed by atoms with E-state index in [9.17, 15) is 8.42 Å². The molecule has 0 aliphatic carbocycles. The summed E-state index contributed by atoms with van der Waals surface area (Å²) in [5.41, 5.74) is 6.31. The van der Waals surface area contributed by atoms with Crippen molar-refractivity contribution >= 4 is 21.6 Å². The summed E-state index contributed by atoms with van der Waals surface area (Å²) in [6.45, 7) is 1.95. The van der Waals surface area contributed by atoms with Crippen LogP contribution in [0.3, 0.4) is 0 Å². The highest BCUT2D eigenvalue weighted by Crippen LogP contribution is 2.23. The van der Waals surface area contributed by atoms with Crippen molar-refractivity contribution in [1.29, 1.82) is 0 Å². The lowest BCUT2D eigenvalue weighted by atomic mass is 10.2. The van der Waals surface area contributed by atoms with E-state index in [1.165, 1.54) is 6.07 Å². The van der Waals surface area contributed by atoms with Gasteiger partial charge in [-0.2, -0.15) is 0 Å². The van der Waals surface area contributed by atoms with Gasteiger partial charge in [0.25, 0.3) is 0 Å². The highest BCUT2D eigenvalue weighted by atomic mass is 35.5. The molecular formula is C12H18ClN3O2S. The Bertz CT molecular complexity index is 562. The third kappa shape index (κ3) is 3.46. The second kappa shape index (κ2) is 5.76. The highest BCUT2D eigenvalue weighted by molar-refractivity contribution is 7.89. The second-order valence-electron chi connectivity index (χ2n) is 4.84. The Morgan fingerprint density at radius 2 is 2.26 bits per heavy atom. The molecule has 1 atom stereocenters. The van der Waals surface area contributed by atoms with Crippen LogP contribution in [0, 0.1) is 0 Å². The normalized spacial score (nSPS) is 20.9.